The highest BCUT2D eigenvalue weighted by atomic mass is 28.4. The molecule has 0 aromatic carbocycles. The van der Waals surface area contributed by atoms with Crippen molar-refractivity contribution in [2.75, 3.05) is 6.61 Å². The van der Waals surface area contributed by atoms with E-state index >= 15 is 0 Å². The Morgan fingerprint density at radius 1 is 1.00 bits per heavy atom. The molecule has 0 radical (unpaired) electrons. The molecule has 0 fully saturated rings. The number of ketones is 1. The lowest BCUT2D eigenvalue weighted by Crippen LogP contribution is -2.37. The molecule has 0 saturated carbocycles. The average Bonchev–Trinajstić information content (AvgIpc) is 2.56. The maximum atomic E-state index is 12.1. The first-order valence-electron chi connectivity index (χ1n) is 9.08. The topological polar surface area (TPSA) is 26.3 Å². The molecular formula is C20H36O2Si. The third-order valence-corrected chi connectivity index (χ3v) is 9.28. The van der Waals surface area contributed by atoms with Crippen LogP contribution in [0.25, 0.3) is 0 Å². The quantitative estimate of drug-likeness (QED) is 0.251. The van der Waals surface area contributed by atoms with Crippen molar-refractivity contribution >= 4 is 14.1 Å². The largest absolute Gasteiger partial charge is 0.417 e. The summed E-state index contributed by atoms with van der Waals surface area (Å²) in [7, 11) is -1.51. The molecule has 2 nitrogen and oxygen atoms in total. The van der Waals surface area contributed by atoms with Gasteiger partial charge in [-0.05, 0) is 43.5 Å². The Morgan fingerprint density at radius 3 is 2.09 bits per heavy atom. The second-order valence-electron chi connectivity index (χ2n) is 6.47. The summed E-state index contributed by atoms with van der Waals surface area (Å²) in [6.45, 7) is 13.7. The fourth-order valence-corrected chi connectivity index (χ4v) is 5.47. The lowest BCUT2D eigenvalue weighted by Gasteiger charge is -2.30. The van der Waals surface area contributed by atoms with E-state index < -0.39 is 8.32 Å². The van der Waals surface area contributed by atoms with Gasteiger partial charge in [-0.1, -0.05) is 65.0 Å². The Kier molecular flexibility index (Phi) is 12.0. The number of allylic oxidation sites excluding steroid dienone is 6. The SMILES string of the molecule is C/C=C/C=C/C=C/C(=O)[C@@H](C)C[C@@H](C)CO[Si](CC)(CC)CC. The molecule has 0 unspecified atom stereocenters. The molecule has 0 heterocycles. The van der Waals surface area contributed by atoms with Crippen LogP contribution in [0.4, 0.5) is 0 Å². The van der Waals surface area contributed by atoms with Crippen LogP contribution in [0.5, 0.6) is 0 Å². The average molecular weight is 337 g/mol. The van der Waals surface area contributed by atoms with Gasteiger partial charge in [-0.3, -0.25) is 4.79 Å². The minimum atomic E-state index is -1.51. The maximum absolute atomic E-state index is 12.1. The van der Waals surface area contributed by atoms with Crippen LogP contribution in [0.3, 0.4) is 0 Å². The normalized spacial score (nSPS) is 15.7. The highest BCUT2D eigenvalue weighted by molar-refractivity contribution is 6.73. The molecule has 0 aromatic rings. The smallest absolute Gasteiger partial charge is 0.191 e. The van der Waals surface area contributed by atoms with Gasteiger partial charge in [0, 0.05) is 12.5 Å². The lowest BCUT2D eigenvalue weighted by molar-refractivity contribution is -0.118. The van der Waals surface area contributed by atoms with Gasteiger partial charge in [0.2, 0.25) is 0 Å². The molecule has 0 bridgehead atoms. The van der Waals surface area contributed by atoms with Crippen molar-refractivity contribution in [3.05, 3.63) is 36.5 Å². The van der Waals surface area contributed by atoms with E-state index in [1.807, 2.05) is 44.2 Å². The van der Waals surface area contributed by atoms with E-state index in [0.717, 1.165) is 13.0 Å². The van der Waals surface area contributed by atoms with Gasteiger partial charge in [0.1, 0.15) is 0 Å². The van der Waals surface area contributed by atoms with Gasteiger partial charge in [-0.25, -0.2) is 0 Å². The first kappa shape index (κ1) is 22.1. The summed E-state index contributed by atoms with van der Waals surface area (Å²) in [5, 5.41) is 0. The molecule has 3 heteroatoms. The molecule has 23 heavy (non-hydrogen) atoms. The van der Waals surface area contributed by atoms with Crippen molar-refractivity contribution in [3.8, 4) is 0 Å². The third kappa shape index (κ3) is 9.06. The Morgan fingerprint density at radius 2 is 1.57 bits per heavy atom. The fraction of sp³-hybridized carbons (Fsp3) is 0.650. The van der Waals surface area contributed by atoms with Gasteiger partial charge < -0.3 is 4.43 Å². The van der Waals surface area contributed by atoms with Crippen molar-refractivity contribution in [2.45, 2.75) is 66.1 Å². The summed E-state index contributed by atoms with van der Waals surface area (Å²) in [6, 6.07) is 3.55. The summed E-state index contributed by atoms with van der Waals surface area (Å²) in [5.41, 5.74) is 0. The molecule has 0 aromatic heterocycles. The predicted molar refractivity (Wildman–Crippen MR) is 104 cm³/mol. The van der Waals surface area contributed by atoms with E-state index in [1.54, 1.807) is 6.08 Å². The Bertz CT molecular complexity index is 398. The maximum Gasteiger partial charge on any atom is 0.191 e. The Labute approximate surface area is 144 Å². The first-order chi connectivity index (χ1) is 10.9. The predicted octanol–water partition coefficient (Wildman–Crippen LogP) is 5.93. The fourth-order valence-electron chi connectivity index (χ4n) is 2.72. The molecule has 0 aliphatic carbocycles. The summed E-state index contributed by atoms with van der Waals surface area (Å²) in [5.74, 6) is 0.685. The number of rotatable bonds is 12. The third-order valence-electron chi connectivity index (χ3n) is 4.63. The van der Waals surface area contributed by atoms with E-state index in [4.69, 9.17) is 4.43 Å². The monoisotopic (exact) mass is 336 g/mol. The number of hydrogen-bond acceptors (Lipinski definition) is 2. The zero-order chi connectivity index (χ0) is 17.7. The summed E-state index contributed by atoms with van der Waals surface area (Å²) in [6.07, 6.45) is 12.1. The second-order valence-corrected chi connectivity index (χ2v) is 11.2. The number of carbonyl (C=O) groups excluding carboxylic acids is 1. The Balaban J connectivity index is 4.33. The van der Waals surface area contributed by atoms with Gasteiger partial charge in [0.05, 0.1) is 0 Å². The van der Waals surface area contributed by atoms with Crippen LogP contribution in [-0.4, -0.2) is 20.7 Å². The molecule has 132 valence electrons. The Hall–Kier alpha value is -0.933. The van der Waals surface area contributed by atoms with Crippen molar-refractivity contribution in [1.29, 1.82) is 0 Å². The van der Waals surface area contributed by atoms with Gasteiger partial charge in [0.25, 0.3) is 0 Å². The van der Waals surface area contributed by atoms with Crippen LogP contribution < -0.4 is 0 Å². The molecule has 0 saturated heterocycles. The first-order valence-corrected chi connectivity index (χ1v) is 11.6. The van der Waals surface area contributed by atoms with Crippen LogP contribution >= 0.6 is 0 Å². The molecule has 0 aliphatic heterocycles. The molecule has 0 spiro atoms. The molecule has 2 atom stereocenters. The second kappa shape index (κ2) is 12.5. The van der Waals surface area contributed by atoms with E-state index in [2.05, 4.69) is 27.7 Å². The van der Waals surface area contributed by atoms with Gasteiger partial charge in [-0.15, -0.1) is 0 Å². The van der Waals surface area contributed by atoms with E-state index in [0.29, 0.717) is 5.92 Å². The van der Waals surface area contributed by atoms with Crippen molar-refractivity contribution < 1.29 is 9.22 Å². The van der Waals surface area contributed by atoms with Crippen LogP contribution in [-0.2, 0) is 9.22 Å². The van der Waals surface area contributed by atoms with Gasteiger partial charge in [0.15, 0.2) is 14.1 Å². The van der Waals surface area contributed by atoms with Crippen LogP contribution in [0.1, 0.15) is 48.0 Å². The molecule has 0 rings (SSSR count). The van der Waals surface area contributed by atoms with Crippen LogP contribution in [0.15, 0.2) is 36.5 Å². The van der Waals surface area contributed by atoms with Gasteiger partial charge >= 0.3 is 0 Å². The number of hydrogen-bond donors (Lipinski definition) is 0. The highest BCUT2D eigenvalue weighted by Crippen LogP contribution is 2.24. The molecule has 0 amide bonds. The van der Waals surface area contributed by atoms with Crippen LogP contribution in [0, 0.1) is 11.8 Å². The summed E-state index contributed by atoms with van der Waals surface area (Å²) < 4.78 is 6.34. The van der Waals surface area contributed by atoms with E-state index in [1.165, 1.54) is 18.1 Å². The minimum Gasteiger partial charge on any atom is -0.417 e. The molecule has 0 aliphatic rings. The molecule has 0 N–H and O–H groups in total. The van der Waals surface area contributed by atoms with E-state index in [9.17, 15) is 4.79 Å². The lowest BCUT2D eigenvalue weighted by atomic mass is 9.94. The molecular weight excluding hydrogens is 300 g/mol. The van der Waals surface area contributed by atoms with Gasteiger partial charge in [-0.2, -0.15) is 0 Å². The van der Waals surface area contributed by atoms with Crippen molar-refractivity contribution in [1.82, 2.24) is 0 Å². The van der Waals surface area contributed by atoms with Crippen molar-refractivity contribution in [3.63, 3.8) is 0 Å². The standard InChI is InChI=1S/C20H36O2Si/c1-7-11-12-13-14-15-20(21)19(6)16-18(5)17-22-23(8-2,9-3)10-4/h7,11-15,18-19H,8-10,16-17H2,1-6H3/b11-7+,13-12+,15-14+/t18-,19+/m1/s1. The van der Waals surface area contributed by atoms with E-state index in [-0.39, 0.29) is 11.7 Å². The highest BCUT2D eigenvalue weighted by Gasteiger charge is 2.29. The number of carbonyl (C=O) groups is 1. The van der Waals surface area contributed by atoms with Crippen molar-refractivity contribution in [2.24, 2.45) is 11.8 Å². The zero-order valence-electron chi connectivity index (χ0n) is 16.0. The summed E-state index contributed by atoms with van der Waals surface area (Å²) in [4.78, 5) is 12.1. The minimum absolute atomic E-state index is 0.0564. The van der Waals surface area contributed by atoms with Crippen LogP contribution in [0.2, 0.25) is 18.1 Å². The summed E-state index contributed by atoms with van der Waals surface area (Å²) >= 11 is 0. The zero-order valence-corrected chi connectivity index (χ0v) is 17.0.